The van der Waals surface area contributed by atoms with E-state index in [2.05, 4.69) is 11.4 Å². The van der Waals surface area contributed by atoms with E-state index >= 15 is 0 Å². The second-order valence-corrected chi connectivity index (χ2v) is 7.09. The summed E-state index contributed by atoms with van der Waals surface area (Å²) in [7, 11) is -0.148. The Kier molecular flexibility index (Phi) is 4.34. The highest BCUT2D eigenvalue weighted by Crippen LogP contribution is 2.16. The van der Waals surface area contributed by atoms with E-state index < -0.39 is 8.56 Å². The molecule has 0 aliphatic carbocycles. The van der Waals surface area contributed by atoms with Crippen molar-refractivity contribution in [3.63, 3.8) is 0 Å². The average Bonchev–Trinajstić information content (AvgIpc) is 2.95. The molecule has 0 amide bonds. The molecule has 78 valence electrons. The zero-order valence-electron chi connectivity index (χ0n) is 8.58. The molecule has 0 radical (unpaired) electrons. The highest BCUT2D eigenvalue weighted by molar-refractivity contribution is 6.65. The van der Waals surface area contributed by atoms with Gasteiger partial charge >= 0.3 is 8.56 Å². The van der Waals surface area contributed by atoms with E-state index in [4.69, 9.17) is 14.6 Å². The van der Waals surface area contributed by atoms with Crippen molar-refractivity contribution in [1.82, 2.24) is 4.90 Å². The molecule has 13 heavy (non-hydrogen) atoms. The summed E-state index contributed by atoms with van der Waals surface area (Å²) in [4.78, 5) is 2.24. The maximum Gasteiger partial charge on any atom is 0.335 e. The molecule has 0 bridgehead atoms. The molecule has 0 spiro atoms. The predicted octanol–water partition coefficient (Wildman–Crippen LogP) is 0.343. The first-order chi connectivity index (χ1) is 6.20. The molecule has 1 aliphatic rings. The Bertz CT molecular complexity index is 155. The van der Waals surface area contributed by atoms with E-state index in [0.717, 1.165) is 25.7 Å². The normalized spacial score (nSPS) is 21.5. The lowest BCUT2D eigenvalue weighted by Gasteiger charge is -2.25. The van der Waals surface area contributed by atoms with Crippen LogP contribution in [0.2, 0.25) is 12.6 Å². The van der Waals surface area contributed by atoms with Crippen LogP contribution in [0, 0.1) is 0 Å². The highest BCUT2D eigenvalue weighted by atomic mass is 28.4. The maximum absolute atomic E-state index is 5.79. The zero-order chi connectivity index (χ0) is 9.73. The van der Waals surface area contributed by atoms with E-state index in [-0.39, 0.29) is 0 Å². The van der Waals surface area contributed by atoms with Crippen LogP contribution in [0.4, 0.5) is 0 Å². The van der Waals surface area contributed by atoms with Crippen LogP contribution in [-0.4, -0.2) is 46.9 Å². The molecule has 1 heterocycles. The molecular weight excluding hydrogens is 184 g/mol. The minimum absolute atomic E-state index is 0.721. The van der Waals surface area contributed by atoms with Crippen LogP contribution in [0.3, 0.4) is 0 Å². The van der Waals surface area contributed by atoms with Crippen LogP contribution >= 0.6 is 0 Å². The summed E-state index contributed by atoms with van der Waals surface area (Å²) in [6, 6.07) is 0.994. The Hall–Kier alpha value is 0.0569. The van der Waals surface area contributed by atoms with Crippen molar-refractivity contribution < 1.29 is 8.85 Å². The monoisotopic (exact) mass is 204 g/mol. The Morgan fingerprint density at radius 3 is 2.62 bits per heavy atom. The molecule has 2 N–H and O–H groups in total. The van der Waals surface area contributed by atoms with E-state index in [1.807, 2.05) is 0 Å². The van der Waals surface area contributed by atoms with Gasteiger partial charge in [0.2, 0.25) is 0 Å². The number of hydrogen-bond acceptors (Lipinski definition) is 4. The van der Waals surface area contributed by atoms with Crippen molar-refractivity contribution in [3.8, 4) is 0 Å². The van der Waals surface area contributed by atoms with Crippen LogP contribution in [0.25, 0.3) is 0 Å². The third-order valence-electron chi connectivity index (χ3n) is 2.36. The van der Waals surface area contributed by atoms with Gasteiger partial charge in [-0.1, -0.05) is 0 Å². The van der Waals surface area contributed by atoms with Gasteiger partial charge in [-0.2, -0.15) is 0 Å². The van der Waals surface area contributed by atoms with Crippen molar-refractivity contribution in [3.05, 3.63) is 0 Å². The molecule has 1 atom stereocenters. The number of nitrogens with two attached hydrogens (primary N) is 1. The predicted molar refractivity (Wildman–Crippen MR) is 54.6 cm³/mol. The SMILES string of the molecule is CO[Si](C)(CCCN)OCN1CC1. The first kappa shape index (κ1) is 11.1. The van der Waals surface area contributed by atoms with E-state index in [1.165, 1.54) is 13.1 Å². The van der Waals surface area contributed by atoms with Gasteiger partial charge in [0.05, 0.1) is 6.73 Å². The third kappa shape index (κ3) is 4.19. The minimum Gasteiger partial charge on any atom is -0.398 e. The fraction of sp³-hybridized carbons (Fsp3) is 1.00. The topological polar surface area (TPSA) is 47.5 Å². The lowest BCUT2D eigenvalue weighted by atomic mass is 10.5. The van der Waals surface area contributed by atoms with Gasteiger partial charge in [-0.05, 0) is 25.6 Å². The Morgan fingerprint density at radius 2 is 2.15 bits per heavy atom. The molecular formula is C8H20N2O2Si. The van der Waals surface area contributed by atoms with Gasteiger partial charge in [-0.15, -0.1) is 0 Å². The van der Waals surface area contributed by atoms with E-state index in [0.29, 0.717) is 0 Å². The fourth-order valence-corrected chi connectivity index (χ4v) is 2.85. The van der Waals surface area contributed by atoms with Gasteiger partial charge in [0, 0.05) is 20.2 Å². The van der Waals surface area contributed by atoms with Gasteiger partial charge < -0.3 is 14.6 Å². The number of hydrogen-bond donors (Lipinski definition) is 1. The summed E-state index contributed by atoms with van der Waals surface area (Å²) >= 11 is 0. The summed E-state index contributed by atoms with van der Waals surface area (Å²) in [6.45, 7) is 5.91. The summed E-state index contributed by atoms with van der Waals surface area (Å²) in [5, 5.41) is 0. The highest BCUT2D eigenvalue weighted by Gasteiger charge is 2.31. The molecule has 0 aromatic heterocycles. The van der Waals surface area contributed by atoms with Gasteiger partial charge in [-0.25, -0.2) is 0 Å². The quantitative estimate of drug-likeness (QED) is 0.480. The molecule has 5 heteroatoms. The lowest BCUT2D eigenvalue weighted by Crippen LogP contribution is -2.39. The maximum atomic E-state index is 5.79. The van der Waals surface area contributed by atoms with Gasteiger partial charge in [0.15, 0.2) is 0 Å². The Labute approximate surface area is 81.2 Å². The van der Waals surface area contributed by atoms with Crippen molar-refractivity contribution in [2.45, 2.75) is 19.0 Å². The van der Waals surface area contributed by atoms with Gasteiger partial charge in [0.1, 0.15) is 0 Å². The van der Waals surface area contributed by atoms with Crippen LogP contribution < -0.4 is 5.73 Å². The van der Waals surface area contributed by atoms with Gasteiger partial charge in [-0.3, -0.25) is 4.90 Å². The molecule has 1 saturated heterocycles. The Balaban J connectivity index is 2.19. The smallest absolute Gasteiger partial charge is 0.335 e. The first-order valence-electron chi connectivity index (χ1n) is 4.82. The fourth-order valence-electron chi connectivity index (χ4n) is 1.08. The summed E-state index contributed by atoms with van der Waals surface area (Å²) in [6.07, 6.45) is 0.997. The summed E-state index contributed by atoms with van der Waals surface area (Å²) in [5.41, 5.74) is 5.46. The third-order valence-corrected chi connectivity index (χ3v) is 5.22. The summed E-state index contributed by atoms with van der Waals surface area (Å²) in [5.74, 6) is 0. The lowest BCUT2D eigenvalue weighted by molar-refractivity contribution is 0.155. The molecule has 1 fully saturated rings. The molecule has 1 rings (SSSR count). The standard InChI is InChI=1S/C8H20N2O2Si/c1-11-13(2,7-3-4-9)12-8-10-5-6-10/h3-9H2,1-2H3. The molecule has 0 saturated carbocycles. The zero-order valence-corrected chi connectivity index (χ0v) is 9.58. The van der Waals surface area contributed by atoms with Crippen molar-refractivity contribution in [2.24, 2.45) is 5.73 Å². The van der Waals surface area contributed by atoms with E-state index in [9.17, 15) is 0 Å². The molecule has 0 aromatic rings. The van der Waals surface area contributed by atoms with Crippen molar-refractivity contribution in [1.29, 1.82) is 0 Å². The average molecular weight is 204 g/mol. The second kappa shape index (κ2) is 5.07. The summed E-state index contributed by atoms with van der Waals surface area (Å²) < 4.78 is 11.2. The van der Waals surface area contributed by atoms with Crippen molar-refractivity contribution >= 4 is 8.56 Å². The van der Waals surface area contributed by atoms with Crippen LogP contribution in [0.15, 0.2) is 0 Å². The van der Waals surface area contributed by atoms with Crippen LogP contribution in [-0.2, 0) is 8.85 Å². The largest absolute Gasteiger partial charge is 0.398 e. The minimum atomic E-state index is -1.89. The van der Waals surface area contributed by atoms with Gasteiger partial charge in [0.25, 0.3) is 0 Å². The van der Waals surface area contributed by atoms with E-state index in [1.54, 1.807) is 7.11 Å². The molecule has 0 aromatic carbocycles. The first-order valence-corrected chi connectivity index (χ1v) is 7.34. The van der Waals surface area contributed by atoms with Crippen molar-refractivity contribution in [2.75, 3.05) is 33.5 Å². The number of nitrogens with zero attached hydrogens (tertiary/aromatic N) is 1. The molecule has 1 unspecified atom stereocenters. The van der Waals surface area contributed by atoms with Crippen LogP contribution in [0.1, 0.15) is 6.42 Å². The molecule has 1 aliphatic heterocycles. The second-order valence-electron chi connectivity index (χ2n) is 3.62. The number of rotatable bonds is 7. The molecule has 4 nitrogen and oxygen atoms in total. The van der Waals surface area contributed by atoms with Crippen LogP contribution in [0.5, 0.6) is 0 Å². The Morgan fingerprint density at radius 1 is 1.46 bits per heavy atom.